The Morgan fingerprint density at radius 2 is 0.925 bits per heavy atom. The molecule has 1 fully saturated rings. The first-order chi connectivity index (χ1) is 25.1. The van der Waals surface area contributed by atoms with Crippen LogP contribution in [0.15, 0.2) is 60.7 Å². The van der Waals surface area contributed by atoms with Crippen LogP contribution >= 0.6 is 0 Å². The van der Waals surface area contributed by atoms with Crippen molar-refractivity contribution in [1.82, 2.24) is 21.3 Å². The Morgan fingerprint density at radius 1 is 0.585 bits per heavy atom. The number of rotatable bonds is 18. The van der Waals surface area contributed by atoms with E-state index in [2.05, 4.69) is 21.3 Å². The predicted molar refractivity (Wildman–Crippen MR) is 192 cm³/mol. The summed E-state index contributed by atoms with van der Waals surface area (Å²) in [4.78, 5) is 79.1. The number of amides is 4. The third-order valence-corrected chi connectivity index (χ3v) is 8.63. The first-order valence-electron chi connectivity index (χ1n) is 17.6. The highest BCUT2D eigenvalue weighted by Gasteiger charge is 2.50. The van der Waals surface area contributed by atoms with Crippen LogP contribution in [-0.4, -0.2) is 109 Å². The molecule has 4 amide bonds. The maximum absolute atomic E-state index is 13.6. The average Bonchev–Trinajstić information content (AvgIpc) is 3.43. The lowest BCUT2D eigenvalue weighted by Crippen LogP contribution is -2.55. The zero-order valence-electron chi connectivity index (χ0n) is 30.9. The van der Waals surface area contributed by atoms with Gasteiger partial charge in [-0.2, -0.15) is 0 Å². The molecular formula is C38H52N4O11. The molecule has 1 aliphatic heterocycles. The molecule has 6 N–H and O–H groups in total. The molecule has 1 saturated heterocycles. The summed E-state index contributed by atoms with van der Waals surface area (Å²) < 4.78 is 15.3. The summed E-state index contributed by atoms with van der Waals surface area (Å²) >= 11 is 0. The van der Waals surface area contributed by atoms with Gasteiger partial charge in [0.05, 0.1) is 14.2 Å². The molecule has 15 nitrogen and oxygen atoms in total. The Labute approximate surface area is 309 Å². The normalized spacial score (nSPS) is 20.4. The Hall–Kier alpha value is -4.86. The monoisotopic (exact) mass is 740 g/mol. The standard InChI is InChI=1S/C38H52N4O11/c1-21(2)17-27(37(49)51-5)41-33(45)25(19-23-13-9-7-10-14-23)39-35(47)31-29(43)30(44)32(53-31)36(48)40-26(20-24-15-11-8-12-16-24)34(46)42-28(18-22(3)4)38(50)52-6/h7-16,21-22,25-32,43-44H,17-20H2,1-6H3,(H,39,47)(H,40,48)(H,41,45)(H,42,46)/t25-,26-,27-,28-,29-,30-,31+,32+/m0/s1. The van der Waals surface area contributed by atoms with Crippen molar-refractivity contribution in [3.8, 4) is 0 Å². The molecule has 0 aliphatic carbocycles. The molecule has 0 unspecified atom stereocenters. The van der Waals surface area contributed by atoms with E-state index in [9.17, 15) is 39.0 Å². The molecule has 0 bridgehead atoms. The summed E-state index contributed by atoms with van der Waals surface area (Å²) in [5.74, 6) is -4.73. The molecule has 0 radical (unpaired) electrons. The van der Waals surface area contributed by atoms with Crippen LogP contribution in [0.5, 0.6) is 0 Å². The van der Waals surface area contributed by atoms with Gasteiger partial charge in [0.1, 0.15) is 36.4 Å². The van der Waals surface area contributed by atoms with Gasteiger partial charge in [0.2, 0.25) is 11.8 Å². The topological polar surface area (TPSA) is 219 Å². The molecule has 290 valence electrons. The number of esters is 2. The predicted octanol–water partition coefficient (Wildman–Crippen LogP) is 0.338. The number of aliphatic hydroxyl groups excluding tert-OH is 2. The number of methoxy groups -OCH3 is 2. The highest BCUT2D eigenvalue weighted by atomic mass is 16.6. The maximum atomic E-state index is 13.6. The van der Waals surface area contributed by atoms with E-state index in [1.165, 1.54) is 14.2 Å². The largest absolute Gasteiger partial charge is 0.467 e. The third-order valence-electron chi connectivity index (χ3n) is 8.63. The van der Waals surface area contributed by atoms with Gasteiger partial charge >= 0.3 is 11.9 Å². The Morgan fingerprint density at radius 3 is 1.23 bits per heavy atom. The number of benzene rings is 2. The number of hydrogen-bond acceptors (Lipinski definition) is 11. The van der Waals surface area contributed by atoms with E-state index in [1.807, 2.05) is 27.7 Å². The third kappa shape index (κ3) is 12.6. The number of carbonyl (C=O) groups is 6. The molecule has 0 spiro atoms. The lowest BCUT2D eigenvalue weighted by molar-refractivity contribution is -0.146. The summed E-state index contributed by atoms with van der Waals surface area (Å²) in [7, 11) is 2.40. The van der Waals surface area contributed by atoms with Crippen LogP contribution in [0.3, 0.4) is 0 Å². The fourth-order valence-corrected chi connectivity index (χ4v) is 5.94. The fraction of sp³-hybridized carbons (Fsp3) is 0.526. The molecule has 2 aromatic carbocycles. The maximum Gasteiger partial charge on any atom is 0.328 e. The number of carbonyl (C=O) groups excluding carboxylic acids is 6. The van der Waals surface area contributed by atoms with Crippen LogP contribution < -0.4 is 21.3 Å². The average molecular weight is 741 g/mol. The Bertz CT molecular complexity index is 1430. The smallest absolute Gasteiger partial charge is 0.328 e. The molecule has 0 aromatic heterocycles. The van der Waals surface area contributed by atoms with Crippen molar-refractivity contribution in [2.24, 2.45) is 11.8 Å². The highest BCUT2D eigenvalue weighted by Crippen LogP contribution is 2.23. The summed E-state index contributed by atoms with van der Waals surface area (Å²) in [6.07, 6.45) is -6.88. The molecule has 1 aliphatic rings. The van der Waals surface area contributed by atoms with Crippen molar-refractivity contribution in [2.45, 2.75) is 102 Å². The van der Waals surface area contributed by atoms with E-state index in [-0.39, 0.29) is 37.5 Å². The second-order valence-corrected chi connectivity index (χ2v) is 13.9. The van der Waals surface area contributed by atoms with Crippen LogP contribution in [0.4, 0.5) is 0 Å². The van der Waals surface area contributed by atoms with Gasteiger partial charge in [-0.15, -0.1) is 0 Å². The minimum absolute atomic E-state index is 0.0110. The SMILES string of the molecule is COC(=O)[C@H](CC(C)C)NC(=O)[C@H](Cc1ccccc1)NC(=O)[C@@H]1O[C@@H](C(=O)N[C@@H](Cc2ccccc2)C(=O)N[C@@H](CC(C)C)C(=O)OC)[C@@H](O)[C@@H]1O. The number of hydrogen-bond donors (Lipinski definition) is 6. The van der Waals surface area contributed by atoms with Crippen molar-refractivity contribution < 1.29 is 53.2 Å². The second kappa shape index (κ2) is 20.4. The number of ether oxygens (including phenoxy) is 3. The van der Waals surface area contributed by atoms with E-state index in [0.717, 1.165) is 0 Å². The van der Waals surface area contributed by atoms with Crippen LogP contribution in [0.25, 0.3) is 0 Å². The molecule has 8 atom stereocenters. The van der Waals surface area contributed by atoms with E-state index in [4.69, 9.17) is 14.2 Å². The quantitative estimate of drug-likeness (QED) is 0.115. The summed E-state index contributed by atoms with van der Waals surface area (Å²) in [5, 5.41) is 32.2. The molecule has 1 heterocycles. The molecule has 2 aromatic rings. The van der Waals surface area contributed by atoms with Crippen LogP contribution in [0.1, 0.15) is 51.7 Å². The second-order valence-electron chi connectivity index (χ2n) is 13.9. The van der Waals surface area contributed by atoms with Crippen molar-refractivity contribution in [2.75, 3.05) is 14.2 Å². The van der Waals surface area contributed by atoms with Crippen LogP contribution in [0.2, 0.25) is 0 Å². The van der Waals surface area contributed by atoms with Gasteiger partial charge in [-0.3, -0.25) is 19.2 Å². The molecule has 3 rings (SSSR count). The van der Waals surface area contributed by atoms with E-state index in [1.54, 1.807) is 60.7 Å². The van der Waals surface area contributed by atoms with Crippen LogP contribution in [0, 0.1) is 11.8 Å². The number of nitrogens with one attached hydrogen (secondary N) is 4. The van der Waals surface area contributed by atoms with Crippen LogP contribution in [-0.2, 0) is 55.8 Å². The van der Waals surface area contributed by atoms with Crippen molar-refractivity contribution in [1.29, 1.82) is 0 Å². The highest BCUT2D eigenvalue weighted by molar-refractivity contribution is 5.94. The minimum Gasteiger partial charge on any atom is -0.467 e. The lowest BCUT2D eigenvalue weighted by Gasteiger charge is -2.25. The van der Waals surface area contributed by atoms with E-state index in [0.29, 0.717) is 11.1 Å². The summed E-state index contributed by atoms with van der Waals surface area (Å²) in [6.45, 7) is 7.46. The van der Waals surface area contributed by atoms with Gasteiger partial charge in [-0.25, -0.2) is 9.59 Å². The molecular weight excluding hydrogens is 688 g/mol. The minimum atomic E-state index is -1.90. The first kappa shape index (κ1) is 42.6. The van der Waals surface area contributed by atoms with Crippen molar-refractivity contribution in [3.05, 3.63) is 71.8 Å². The van der Waals surface area contributed by atoms with Gasteiger partial charge in [0, 0.05) is 12.8 Å². The summed E-state index contributed by atoms with van der Waals surface area (Å²) in [5.41, 5.74) is 1.34. The van der Waals surface area contributed by atoms with Gasteiger partial charge in [-0.1, -0.05) is 88.4 Å². The Balaban J connectivity index is 1.80. The van der Waals surface area contributed by atoms with Crippen molar-refractivity contribution >= 4 is 35.6 Å². The van der Waals surface area contributed by atoms with Gasteiger partial charge in [0.15, 0.2) is 12.2 Å². The van der Waals surface area contributed by atoms with Crippen molar-refractivity contribution in [3.63, 3.8) is 0 Å². The summed E-state index contributed by atoms with van der Waals surface area (Å²) in [6, 6.07) is 13.0. The lowest BCUT2D eigenvalue weighted by atomic mass is 10.0. The van der Waals surface area contributed by atoms with Gasteiger partial charge in [-0.05, 0) is 35.8 Å². The van der Waals surface area contributed by atoms with Gasteiger partial charge < -0.3 is 45.7 Å². The zero-order valence-corrected chi connectivity index (χ0v) is 30.9. The fourth-order valence-electron chi connectivity index (χ4n) is 5.94. The zero-order chi connectivity index (χ0) is 39.2. The van der Waals surface area contributed by atoms with E-state index < -0.39 is 84.2 Å². The molecule has 53 heavy (non-hydrogen) atoms. The number of aliphatic hydroxyl groups is 2. The van der Waals surface area contributed by atoms with E-state index >= 15 is 0 Å². The first-order valence-corrected chi connectivity index (χ1v) is 17.6. The molecule has 15 heteroatoms. The van der Waals surface area contributed by atoms with Gasteiger partial charge in [0.25, 0.3) is 11.8 Å². The molecule has 0 saturated carbocycles. The Kier molecular flexibility index (Phi) is 16.4.